The smallest absolute Gasteiger partial charge is 0.306 e. The van der Waals surface area contributed by atoms with Crippen molar-refractivity contribution in [3.05, 3.63) is 72.9 Å². The van der Waals surface area contributed by atoms with Crippen molar-refractivity contribution in [1.29, 1.82) is 0 Å². The van der Waals surface area contributed by atoms with E-state index >= 15 is 0 Å². The van der Waals surface area contributed by atoms with Crippen LogP contribution in [0.25, 0.3) is 0 Å². The fraction of sp³-hybridized carbons (Fsp3) is 0.722. The van der Waals surface area contributed by atoms with E-state index in [2.05, 4.69) is 93.7 Å². The minimum atomic E-state index is -0.795. The van der Waals surface area contributed by atoms with Crippen molar-refractivity contribution in [3.8, 4) is 0 Å². The van der Waals surface area contributed by atoms with Gasteiger partial charge in [0, 0.05) is 19.3 Å². The second-order valence-electron chi connectivity index (χ2n) is 16.3. The van der Waals surface area contributed by atoms with Gasteiger partial charge in [0.15, 0.2) is 6.10 Å². The summed E-state index contributed by atoms with van der Waals surface area (Å²) in [5.74, 6) is -0.945. The highest BCUT2D eigenvalue weighted by atomic mass is 16.6. The van der Waals surface area contributed by atoms with Gasteiger partial charge in [-0.3, -0.25) is 14.4 Å². The number of rotatable bonds is 44. The molecule has 0 heterocycles. The first kappa shape index (κ1) is 56.9. The molecule has 0 aromatic carbocycles. The fourth-order valence-electron chi connectivity index (χ4n) is 6.74. The summed E-state index contributed by atoms with van der Waals surface area (Å²) in [6, 6.07) is 0. The standard InChI is InChI=1S/C54H92O6/c1-4-7-10-13-16-19-22-25-27-28-30-32-35-38-41-44-47-53(56)59-50-51(49-58-52(55)46-43-40-37-34-31-24-21-18-15-12-9-6-3)60-54(57)48-45-42-39-36-33-29-26-23-20-17-14-11-8-5-2/h8-9,11-12,17-18,20-21,27-28,30,32,51H,4-7,10,13-16,19,22-26,29,31,33-50H2,1-3H3/b11-8-,12-9-,20-17-,21-18-,28-27-,32-30-. The highest BCUT2D eigenvalue weighted by Gasteiger charge is 2.19. The Hall–Kier alpha value is -3.15. The van der Waals surface area contributed by atoms with Crippen molar-refractivity contribution < 1.29 is 28.6 Å². The number of unbranched alkanes of at least 4 members (excludes halogenated alkanes) is 22. The summed E-state index contributed by atoms with van der Waals surface area (Å²) < 4.78 is 16.7. The van der Waals surface area contributed by atoms with E-state index in [4.69, 9.17) is 14.2 Å². The molecule has 0 spiro atoms. The Morgan fingerprint density at radius 1 is 0.367 bits per heavy atom. The van der Waals surface area contributed by atoms with Crippen LogP contribution in [0.1, 0.15) is 233 Å². The Labute approximate surface area is 370 Å². The first-order valence-corrected chi connectivity index (χ1v) is 25.0. The molecule has 0 rings (SSSR count). The molecule has 0 aliphatic rings. The Morgan fingerprint density at radius 3 is 1.12 bits per heavy atom. The van der Waals surface area contributed by atoms with E-state index in [0.717, 1.165) is 122 Å². The lowest BCUT2D eigenvalue weighted by Gasteiger charge is -2.18. The van der Waals surface area contributed by atoms with Crippen LogP contribution in [0.3, 0.4) is 0 Å². The average Bonchev–Trinajstić information content (AvgIpc) is 3.24. The van der Waals surface area contributed by atoms with Crippen molar-refractivity contribution in [2.24, 2.45) is 0 Å². The molecule has 0 aliphatic heterocycles. The Balaban J connectivity index is 4.44. The van der Waals surface area contributed by atoms with E-state index < -0.39 is 6.10 Å². The Bertz CT molecular complexity index is 1140. The molecule has 0 aromatic heterocycles. The number of esters is 3. The summed E-state index contributed by atoms with van der Waals surface area (Å²) in [5.41, 5.74) is 0. The highest BCUT2D eigenvalue weighted by Crippen LogP contribution is 2.14. The Kier molecular flexibility index (Phi) is 46.0. The molecule has 0 saturated heterocycles. The predicted molar refractivity (Wildman–Crippen MR) is 256 cm³/mol. The van der Waals surface area contributed by atoms with E-state index in [1.165, 1.54) is 70.6 Å². The van der Waals surface area contributed by atoms with Gasteiger partial charge in [0.1, 0.15) is 13.2 Å². The van der Waals surface area contributed by atoms with Gasteiger partial charge in [-0.1, -0.05) is 190 Å². The van der Waals surface area contributed by atoms with Crippen LogP contribution in [-0.4, -0.2) is 37.2 Å². The lowest BCUT2D eigenvalue weighted by Crippen LogP contribution is -2.30. The van der Waals surface area contributed by atoms with Crippen molar-refractivity contribution in [2.45, 2.75) is 239 Å². The lowest BCUT2D eigenvalue weighted by molar-refractivity contribution is -0.167. The largest absolute Gasteiger partial charge is 0.462 e. The molecule has 0 aliphatic carbocycles. The molecular formula is C54H92O6. The maximum atomic E-state index is 12.8. The number of carbonyl (C=O) groups excluding carboxylic acids is 3. The van der Waals surface area contributed by atoms with Crippen molar-refractivity contribution in [2.75, 3.05) is 13.2 Å². The third-order valence-electron chi connectivity index (χ3n) is 10.5. The third kappa shape index (κ3) is 45.9. The van der Waals surface area contributed by atoms with Crippen molar-refractivity contribution in [3.63, 3.8) is 0 Å². The van der Waals surface area contributed by atoms with Crippen molar-refractivity contribution in [1.82, 2.24) is 0 Å². The van der Waals surface area contributed by atoms with Gasteiger partial charge in [0.25, 0.3) is 0 Å². The molecule has 0 N–H and O–H groups in total. The number of hydrogen-bond acceptors (Lipinski definition) is 6. The van der Waals surface area contributed by atoms with Gasteiger partial charge in [-0.2, -0.15) is 0 Å². The second kappa shape index (κ2) is 48.5. The SMILES string of the molecule is CC/C=C\C/C=C\CCCCCCCCCC(=O)OC(COC(=O)CCCCC/C=C\C=C/CCCCCCCCC)COC(=O)CCCCCCC/C=C\C/C=C\CC. The molecule has 60 heavy (non-hydrogen) atoms. The van der Waals surface area contributed by atoms with Crippen molar-refractivity contribution >= 4 is 17.9 Å². The van der Waals surface area contributed by atoms with Gasteiger partial charge in [0.2, 0.25) is 0 Å². The summed E-state index contributed by atoms with van der Waals surface area (Å²) in [6.07, 6.45) is 60.3. The summed E-state index contributed by atoms with van der Waals surface area (Å²) >= 11 is 0. The molecule has 1 unspecified atom stereocenters. The highest BCUT2D eigenvalue weighted by molar-refractivity contribution is 5.71. The maximum absolute atomic E-state index is 12.8. The number of carbonyl (C=O) groups is 3. The summed E-state index contributed by atoms with van der Waals surface area (Å²) in [6.45, 7) is 6.37. The number of hydrogen-bond donors (Lipinski definition) is 0. The van der Waals surface area contributed by atoms with Crippen LogP contribution in [0.4, 0.5) is 0 Å². The van der Waals surface area contributed by atoms with Crippen LogP contribution < -0.4 is 0 Å². The van der Waals surface area contributed by atoms with Gasteiger partial charge in [0.05, 0.1) is 0 Å². The van der Waals surface area contributed by atoms with Gasteiger partial charge < -0.3 is 14.2 Å². The molecule has 1 atom stereocenters. The summed E-state index contributed by atoms with van der Waals surface area (Å²) in [7, 11) is 0. The van der Waals surface area contributed by atoms with Crippen LogP contribution in [0, 0.1) is 0 Å². The summed E-state index contributed by atoms with van der Waals surface area (Å²) in [4.78, 5) is 37.9. The minimum Gasteiger partial charge on any atom is -0.462 e. The molecule has 0 saturated carbocycles. The Morgan fingerprint density at radius 2 is 0.700 bits per heavy atom. The van der Waals surface area contributed by atoms with E-state index in [-0.39, 0.29) is 31.1 Å². The minimum absolute atomic E-state index is 0.0951. The fourth-order valence-corrected chi connectivity index (χ4v) is 6.74. The van der Waals surface area contributed by atoms with E-state index in [0.29, 0.717) is 19.3 Å². The van der Waals surface area contributed by atoms with Gasteiger partial charge in [-0.15, -0.1) is 0 Å². The number of allylic oxidation sites excluding steroid dienone is 12. The second-order valence-corrected chi connectivity index (χ2v) is 16.3. The molecule has 0 radical (unpaired) electrons. The first-order valence-electron chi connectivity index (χ1n) is 25.0. The molecule has 0 fully saturated rings. The molecule has 0 aromatic rings. The van der Waals surface area contributed by atoms with Crippen LogP contribution in [0.5, 0.6) is 0 Å². The van der Waals surface area contributed by atoms with Crippen LogP contribution >= 0.6 is 0 Å². The molecule has 6 nitrogen and oxygen atoms in total. The van der Waals surface area contributed by atoms with E-state index in [9.17, 15) is 14.4 Å². The monoisotopic (exact) mass is 837 g/mol. The maximum Gasteiger partial charge on any atom is 0.306 e. The van der Waals surface area contributed by atoms with Gasteiger partial charge >= 0.3 is 17.9 Å². The first-order chi connectivity index (χ1) is 29.5. The van der Waals surface area contributed by atoms with Gasteiger partial charge in [-0.25, -0.2) is 0 Å². The van der Waals surface area contributed by atoms with Crippen LogP contribution in [0.15, 0.2) is 72.9 Å². The number of ether oxygens (including phenoxy) is 3. The van der Waals surface area contributed by atoms with Crippen LogP contribution in [-0.2, 0) is 28.6 Å². The predicted octanol–water partition coefficient (Wildman–Crippen LogP) is 16.3. The molecule has 0 amide bonds. The average molecular weight is 837 g/mol. The zero-order valence-corrected chi connectivity index (χ0v) is 39.2. The van der Waals surface area contributed by atoms with E-state index in [1.807, 2.05) is 0 Å². The quantitative estimate of drug-likeness (QED) is 0.0200. The molecule has 0 bridgehead atoms. The lowest BCUT2D eigenvalue weighted by atomic mass is 10.1. The van der Waals surface area contributed by atoms with Crippen LogP contribution in [0.2, 0.25) is 0 Å². The topological polar surface area (TPSA) is 78.9 Å². The summed E-state index contributed by atoms with van der Waals surface area (Å²) in [5, 5.41) is 0. The molecule has 6 heteroatoms. The zero-order valence-electron chi connectivity index (χ0n) is 39.2. The molecule has 344 valence electrons. The third-order valence-corrected chi connectivity index (χ3v) is 10.5. The van der Waals surface area contributed by atoms with E-state index in [1.54, 1.807) is 0 Å². The van der Waals surface area contributed by atoms with Gasteiger partial charge in [-0.05, 0) is 96.3 Å². The zero-order chi connectivity index (χ0) is 43.7. The normalized spacial score (nSPS) is 12.7. The molecular weight excluding hydrogens is 745 g/mol.